The van der Waals surface area contributed by atoms with Gasteiger partial charge in [0.2, 0.25) is 0 Å². The molecule has 0 saturated carbocycles. The molecule has 0 aromatic heterocycles. The van der Waals surface area contributed by atoms with Crippen LogP contribution in [0.1, 0.15) is 46.5 Å². The minimum atomic E-state index is -1.16. The number of hydrogen-bond donors (Lipinski definition) is 2. The molecular weight excluding hydrogens is 381 g/mol. The van der Waals surface area contributed by atoms with Crippen molar-refractivity contribution in [2.75, 3.05) is 11.9 Å². The maximum Gasteiger partial charge on any atom is 0.327 e. The Hall–Kier alpha value is -2.97. The van der Waals surface area contributed by atoms with E-state index in [2.05, 4.69) is 10.6 Å². The largest absolute Gasteiger partial charge is 0.451 e. The third-order valence-corrected chi connectivity index (χ3v) is 4.68. The molecule has 8 nitrogen and oxygen atoms in total. The van der Waals surface area contributed by atoms with E-state index in [4.69, 9.17) is 4.74 Å². The zero-order valence-electron chi connectivity index (χ0n) is 16.8. The van der Waals surface area contributed by atoms with Crippen LogP contribution < -0.4 is 10.6 Å². The fourth-order valence-corrected chi connectivity index (χ4v) is 3.33. The molecule has 0 radical (unpaired) electrons. The molecule has 1 heterocycles. The van der Waals surface area contributed by atoms with E-state index in [1.807, 2.05) is 13.8 Å². The minimum Gasteiger partial charge on any atom is -0.451 e. The number of nitrogens with zero attached hydrogens (tertiary/aromatic N) is 1. The molecule has 0 aliphatic carbocycles. The second-order valence-corrected chi connectivity index (χ2v) is 7.03. The van der Waals surface area contributed by atoms with E-state index in [1.165, 1.54) is 31.2 Å². The highest BCUT2D eigenvalue weighted by atomic mass is 19.1. The third kappa shape index (κ3) is 5.30. The molecule has 1 aliphatic rings. The Kier molecular flexibility index (Phi) is 7.30. The number of nitrogens with one attached hydrogen (secondary N) is 2. The first-order valence-corrected chi connectivity index (χ1v) is 9.62. The predicted molar refractivity (Wildman–Crippen MR) is 103 cm³/mol. The molecule has 0 spiro atoms. The lowest BCUT2D eigenvalue weighted by molar-refractivity contribution is -0.155. The van der Waals surface area contributed by atoms with Gasteiger partial charge in [0.05, 0.1) is 0 Å². The minimum absolute atomic E-state index is 0.345. The van der Waals surface area contributed by atoms with Gasteiger partial charge in [-0.05, 0) is 44.0 Å². The Balaban J connectivity index is 1.95. The Bertz CT molecular complexity index is 775. The van der Waals surface area contributed by atoms with Crippen LogP contribution in [0.4, 0.5) is 14.9 Å². The summed E-state index contributed by atoms with van der Waals surface area (Å²) >= 11 is 0. The number of hydrogen-bond acceptors (Lipinski definition) is 5. The first-order chi connectivity index (χ1) is 13.7. The van der Waals surface area contributed by atoms with E-state index in [9.17, 15) is 23.6 Å². The third-order valence-electron chi connectivity index (χ3n) is 4.68. The van der Waals surface area contributed by atoms with E-state index >= 15 is 0 Å². The summed E-state index contributed by atoms with van der Waals surface area (Å²) in [5.41, 5.74) is -0.649. The van der Waals surface area contributed by atoms with Gasteiger partial charge < -0.3 is 15.4 Å². The SMILES string of the molecule is CCCC1(CCC)NC(=O)N(CC(=O)O[C@@H](C)C(=O)Nc2ccc(F)cc2)C1=O. The van der Waals surface area contributed by atoms with Crippen LogP contribution >= 0.6 is 0 Å². The Morgan fingerprint density at radius 2 is 1.76 bits per heavy atom. The fraction of sp³-hybridized carbons (Fsp3) is 0.500. The summed E-state index contributed by atoms with van der Waals surface area (Å²) < 4.78 is 18.0. The van der Waals surface area contributed by atoms with Crippen molar-refractivity contribution >= 4 is 29.5 Å². The van der Waals surface area contributed by atoms with Gasteiger partial charge in [0.1, 0.15) is 17.9 Å². The number of amides is 4. The molecule has 4 amide bonds. The summed E-state index contributed by atoms with van der Waals surface area (Å²) in [5, 5.41) is 5.20. The highest BCUT2D eigenvalue weighted by Crippen LogP contribution is 2.28. The second-order valence-electron chi connectivity index (χ2n) is 7.03. The van der Waals surface area contributed by atoms with Gasteiger partial charge in [0.15, 0.2) is 6.10 Å². The second kappa shape index (κ2) is 9.49. The van der Waals surface area contributed by atoms with Crippen LogP contribution in [0.3, 0.4) is 0 Å². The molecule has 9 heteroatoms. The summed E-state index contributed by atoms with van der Waals surface area (Å²) in [4.78, 5) is 50.2. The van der Waals surface area contributed by atoms with Gasteiger partial charge in [-0.25, -0.2) is 9.18 Å². The number of anilines is 1. The normalized spacial score (nSPS) is 16.3. The average molecular weight is 407 g/mol. The van der Waals surface area contributed by atoms with Gasteiger partial charge in [-0.3, -0.25) is 19.3 Å². The van der Waals surface area contributed by atoms with Gasteiger partial charge in [0.25, 0.3) is 11.8 Å². The van der Waals surface area contributed by atoms with Crippen LogP contribution in [0.5, 0.6) is 0 Å². The number of carbonyl (C=O) groups excluding carboxylic acids is 4. The lowest BCUT2D eigenvalue weighted by Crippen LogP contribution is -2.47. The maximum atomic E-state index is 12.9. The van der Waals surface area contributed by atoms with Crippen LogP contribution in [0, 0.1) is 5.82 Å². The van der Waals surface area contributed by atoms with Crippen molar-refractivity contribution in [1.82, 2.24) is 10.2 Å². The molecule has 29 heavy (non-hydrogen) atoms. The maximum absolute atomic E-state index is 12.9. The molecule has 158 valence electrons. The number of carbonyl (C=O) groups is 4. The molecule has 0 unspecified atom stereocenters. The summed E-state index contributed by atoms with van der Waals surface area (Å²) in [5.74, 6) is -2.39. The van der Waals surface area contributed by atoms with E-state index < -0.39 is 47.8 Å². The zero-order chi connectivity index (χ0) is 21.6. The van der Waals surface area contributed by atoms with E-state index in [1.54, 1.807) is 0 Å². The molecule has 2 rings (SSSR count). The standard InChI is InChI=1S/C20H26FN3O5/c1-4-10-20(11-5-2)18(27)24(19(28)23-20)12-16(25)29-13(3)17(26)22-15-8-6-14(21)7-9-15/h6-9,13H,4-5,10-12H2,1-3H3,(H,22,26)(H,23,28)/t13-/m0/s1. The summed E-state index contributed by atoms with van der Waals surface area (Å²) in [6.45, 7) is 4.61. The summed E-state index contributed by atoms with van der Waals surface area (Å²) in [6.07, 6.45) is 1.20. The van der Waals surface area contributed by atoms with Crippen molar-refractivity contribution in [2.24, 2.45) is 0 Å². The van der Waals surface area contributed by atoms with Crippen molar-refractivity contribution in [2.45, 2.75) is 58.1 Å². The van der Waals surface area contributed by atoms with Gasteiger partial charge in [-0.2, -0.15) is 0 Å². The number of ether oxygens (including phenoxy) is 1. The number of esters is 1. The molecule has 1 saturated heterocycles. The number of benzene rings is 1. The van der Waals surface area contributed by atoms with Crippen molar-refractivity contribution in [1.29, 1.82) is 0 Å². The van der Waals surface area contributed by atoms with Crippen LogP contribution in [0.25, 0.3) is 0 Å². The Morgan fingerprint density at radius 3 is 2.31 bits per heavy atom. The van der Waals surface area contributed by atoms with Crippen molar-refractivity contribution in [3.8, 4) is 0 Å². The van der Waals surface area contributed by atoms with Gasteiger partial charge in [-0.15, -0.1) is 0 Å². The Labute approximate surface area is 168 Å². The van der Waals surface area contributed by atoms with Crippen molar-refractivity contribution in [3.63, 3.8) is 0 Å². The van der Waals surface area contributed by atoms with Gasteiger partial charge in [-0.1, -0.05) is 26.7 Å². The summed E-state index contributed by atoms with van der Waals surface area (Å²) in [6, 6.07) is 4.47. The van der Waals surface area contributed by atoms with Crippen molar-refractivity contribution < 1.29 is 28.3 Å². The highest BCUT2D eigenvalue weighted by molar-refractivity contribution is 6.08. The number of urea groups is 1. The molecule has 1 fully saturated rings. The van der Waals surface area contributed by atoms with E-state index in [0.29, 0.717) is 31.4 Å². The van der Waals surface area contributed by atoms with Crippen LogP contribution in [0.2, 0.25) is 0 Å². The summed E-state index contributed by atoms with van der Waals surface area (Å²) in [7, 11) is 0. The first kappa shape index (κ1) is 22.3. The molecule has 2 N–H and O–H groups in total. The molecule has 1 atom stereocenters. The zero-order valence-corrected chi connectivity index (χ0v) is 16.8. The first-order valence-electron chi connectivity index (χ1n) is 9.62. The van der Waals surface area contributed by atoms with Crippen molar-refractivity contribution in [3.05, 3.63) is 30.1 Å². The lowest BCUT2D eigenvalue weighted by atomic mass is 9.88. The molecule has 1 aliphatic heterocycles. The topological polar surface area (TPSA) is 105 Å². The number of rotatable bonds is 9. The smallest absolute Gasteiger partial charge is 0.327 e. The molecular formula is C20H26FN3O5. The highest BCUT2D eigenvalue weighted by Gasteiger charge is 2.50. The van der Waals surface area contributed by atoms with Gasteiger partial charge in [0, 0.05) is 5.69 Å². The Morgan fingerprint density at radius 1 is 1.17 bits per heavy atom. The predicted octanol–water partition coefficient (Wildman–Crippen LogP) is 2.59. The fourth-order valence-electron chi connectivity index (χ4n) is 3.33. The van der Waals surface area contributed by atoms with Gasteiger partial charge >= 0.3 is 12.0 Å². The van der Waals surface area contributed by atoms with Crippen LogP contribution in [0.15, 0.2) is 24.3 Å². The van der Waals surface area contributed by atoms with E-state index in [0.717, 1.165) is 4.90 Å². The van der Waals surface area contributed by atoms with Crippen LogP contribution in [-0.2, 0) is 19.1 Å². The molecule has 1 aromatic rings. The molecule has 1 aromatic carbocycles. The quantitative estimate of drug-likeness (QED) is 0.484. The van der Waals surface area contributed by atoms with E-state index in [-0.39, 0.29) is 0 Å². The number of halogens is 1. The number of imide groups is 1. The monoisotopic (exact) mass is 407 g/mol. The lowest BCUT2D eigenvalue weighted by Gasteiger charge is -2.25. The molecule has 0 bridgehead atoms. The van der Waals surface area contributed by atoms with Crippen LogP contribution in [-0.4, -0.2) is 46.9 Å². The average Bonchev–Trinajstić information content (AvgIpc) is 2.88.